The van der Waals surface area contributed by atoms with Crippen molar-refractivity contribution in [1.82, 2.24) is 5.32 Å². The average Bonchev–Trinajstić information content (AvgIpc) is 2.33. The van der Waals surface area contributed by atoms with E-state index in [0.29, 0.717) is 13.2 Å². The summed E-state index contributed by atoms with van der Waals surface area (Å²) in [6, 6.07) is 8.06. The average molecular weight is 251 g/mol. The summed E-state index contributed by atoms with van der Waals surface area (Å²) in [7, 11) is 0. The molecule has 3 nitrogen and oxygen atoms in total. The van der Waals surface area contributed by atoms with Gasteiger partial charge in [-0.2, -0.15) is 0 Å². The van der Waals surface area contributed by atoms with Crippen LogP contribution in [0.2, 0.25) is 0 Å². The third kappa shape index (κ3) is 5.07. The first-order valence-electron chi connectivity index (χ1n) is 6.55. The summed E-state index contributed by atoms with van der Waals surface area (Å²) in [4.78, 5) is 0. The lowest BCUT2D eigenvalue weighted by Gasteiger charge is -2.20. The molecule has 3 heteroatoms. The molecule has 1 aromatic carbocycles. The van der Waals surface area contributed by atoms with E-state index in [0.717, 1.165) is 12.3 Å². The van der Waals surface area contributed by atoms with Crippen molar-refractivity contribution in [2.45, 2.75) is 39.2 Å². The van der Waals surface area contributed by atoms with Gasteiger partial charge in [-0.3, -0.25) is 0 Å². The van der Waals surface area contributed by atoms with Crippen molar-refractivity contribution in [3.63, 3.8) is 0 Å². The predicted molar refractivity (Wildman–Crippen MR) is 75.2 cm³/mol. The van der Waals surface area contributed by atoms with Crippen molar-refractivity contribution in [2.24, 2.45) is 0 Å². The van der Waals surface area contributed by atoms with Gasteiger partial charge in [0.1, 0.15) is 18.5 Å². The summed E-state index contributed by atoms with van der Waals surface area (Å²) >= 11 is 0. The van der Waals surface area contributed by atoms with Crippen molar-refractivity contribution < 1.29 is 9.84 Å². The quantitative estimate of drug-likeness (QED) is 0.815. The number of benzene rings is 1. The minimum absolute atomic E-state index is 0.113. The Morgan fingerprint density at radius 2 is 2.06 bits per heavy atom. The molecule has 0 bridgehead atoms. The second-order valence-electron chi connectivity index (χ2n) is 5.55. The number of aliphatic hydroxyl groups excluding tert-OH is 1. The van der Waals surface area contributed by atoms with E-state index in [1.165, 1.54) is 5.56 Å². The molecule has 0 aliphatic rings. The van der Waals surface area contributed by atoms with E-state index < -0.39 is 6.10 Å². The van der Waals surface area contributed by atoms with Crippen LogP contribution in [0.1, 0.15) is 33.3 Å². The van der Waals surface area contributed by atoms with Crippen LogP contribution in [0, 0.1) is 0 Å². The highest BCUT2D eigenvalue weighted by Gasteiger charge is 2.14. The Morgan fingerprint density at radius 3 is 2.67 bits per heavy atom. The summed E-state index contributed by atoms with van der Waals surface area (Å²) in [5, 5.41) is 12.8. The van der Waals surface area contributed by atoms with Crippen molar-refractivity contribution in [2.75, 3.05) is 19.7 Å². The van der Waals surface area contributed by atoms with Gasteiger partial charge in [0.25, 0.3) is 0 Å². The van der Waals surface area contributed by atoms with Crippen molar-refractivity contribution >= 4 is 0 Å². The first-order chi connectivity index (χ1) is 8.43. The second kappa shape index (κ2) is 6.76. The molecule has 0 fully saturated rings. The Morgan fingerprint density at radius 1 is 1.33 bits per heavy atom. The Balaban J connectivity index is 2.52. The van der Waals surface area contributed by atoms with E-state index in [4.69, 9.17) is 4.74 Å². The van der Waals surface area contributed by atoms with Crippen LogP contribution in [0.25, 0.3) is 0 Å². The van der Waals surface area contributed by atoms with Gasteiger partial charge in [-0.05, 0) is 29.7 Å². The van der Waals surface area contributed by atoms with E-state index in [9.17, 15) is 5.11 Å². The molecule has 0 saturated heterocycles. The number of ether oxygens (including phenoxy) is 1. The number of nitrogens with one attached hydrogen (secondary N) is 1. The van der Waals surface area contributed by atoms with E-state index in [1.54, 1.807) is 0 Å². The van der Waals surface area contributed by atoms with Crippen LogP contribution in [0.5, 0.6) is 5.75 Å². The van der Waals surface area contributed by atoms with Crippen molar-refractivity contribution in [1.29, 1.82) is 0 Å². The Bertz CT molecular complexity index is 358. The molecule has 0 saturated carbocycles. The van der Waals surface area contributed by atoms with Gasteiger partial charge in [0, 0.05) is 6.54 Å². The van der Waals surface area contributed by atoms with Gasteiger partial charge in [0.2, 0.25) is 0 Å². The van der Waals surface area contributed by atoms with Gasteiger partial charge in [0.05, 0.1) is 0 Å². The van der Waals surface area contributed by atoms with Gasteiger partial charge in [0.15, 0.2) is 0 Å². The summed E-state index contributed by atoms with van der Waals surface area (Å²) in [6.45, 7) is 10.3. The fourth-order valence-corrected chi connectivity index (χ4v) is 1.61. The summed E-state index contributed by atoms with van der Waals surface area (Å²) in [5.74, 6) is 0.818. The normalized spacial score (nSPS) is 13.4. The SMILES string of the molecule is CCNCC(O)COc1cccc(C(C)(C)C)c1. The van der Waals surface area contributed by atoms with Crippen LogP contribution >= 0.6 is 0 Å². The predicted octanol–water partition coefficient (Wildman–Crippen LogP) is 2.33. The van der Waals surface area contributed by atoms with E-state index in [2.05, 4.69) is 32.2 Å². The molecule has 0 spiro atoms. The molecular formula is C15H25NO2. The number of hydrogen-bond donors (Lipinski definition) is 2. The maximum Gasteiger partial charge on any atom is 0.119 e. The molecule has 0 amide bonds. The smallest absolute Gasteiger partial charge is 0.119 e. The lowest BCUT2D eigenvalue weighted by molar-refractivity contribution is 0.107. The standard InChI is InChI=1S/C15H25NO2/c1-5-16-10-13(17)11-18-14-8-6-7-12(9-14)15(2,3)4/h6-9,13,16-17H,5,10-11H2,1-4H3. The lowest BCUT2D eigenvalue weighted by atomic mass is 9.87. The molecule has 0 radical (unpaired) electrons. The largest absolute Gasteiger partial charge is 0.491 e. The molecule has 18 heavy (non-hydrogen) atoms. The molecule has 0 heterocycles. The number of hydrogen-bond acceptors (Lipinski definition) is 3. The molecule has 1 rings (SSSR count). The molecule has 0 aromatic heterocycles. The zero-order valence-corrected chi connectivity index (χ0v) is 11.9. The Kier molecular flexibility index (Phi) is 5.63. The summed E-state index contributed by atoms with van der Waals surface area (Å²) < 4.78 is 5.61. The minimum atomic E-state index is -0.469. The molecule has 0 aliphatic heterocycles. The van der Waals surface area contributed by atoms with Gasteiger partial charge in [-0.25, -0.2) is 0 Å². The summed E-state index contributed by atoms with van der Waals surface area (Å²) in [6.07, 6.45) is -0.469. The molecule has 0 aliphatic carbocycles. The fraction of sp³-hybridized carbons (Fsp3) is 0.600. The first-order valence-corrected chi connectivity index (χ1v) is 6.55. The fourth-order valence-electron chi connectivity index (χ4n) is 1.61. The van der Waals surface area contributed by atoms with Crippen LogP contribution in [0.15, 0.2) is 24.3 Å². The van der Waals surface area contributed by atoms with Gasteiger partial charge in [-0.15, -0.1) is 0 Å². The van der Waals surface area contributed by atoms with E-state index >= 15 is 0 Å². The molecule has 1 unspecified atom stereocenters. The third-order valence-corrected chi connectivity index (χ3v) is 2.77. The van der Waals surface area contributed by atoms with E-state index in [-0.39, 0.29) is 5.41 Å². The van der Waals surface area contributed by atoms with Crippen molar-refractivity contribution in [3.8, 4) is 5.75 Å². The maximum absolute atomic E-state index is 9.68. The van der Waals surface area contributed by atoms with Crippen LogP contribution in [-0.4, -0.2) is 30.9 Å². The molecule has 1 atom stereocenters. The highest BCUT2D eigenvalue weighted by atomic mass is 16.5. The number of aliphatic hydroxyl groups is 1. The highest BCUT2D eigenvalue weighted by molar-refractivity contribution is 5.32. The molecule has 1 aromatic rings. The minimum Gasteiger partial charge on any atom is -0.491 e. The monoisotopic (exact) mass is 251 g/mol. The first kappa shape index (κ1) is 15.0. The molecule has 2 N–H and O–H groups in total. The molecular weight excluding hydrogens is 226 g/mol. The highest BCUT2D eigenvalue weighted by Crippen LogP contribution is 2.25. The van der Waals surface area contributed by atoms with Crippen molar-refractivity contribution in [3.05, 3.63) is 29.8 Å². The van der Waals surface area contributed by atoms with Gasteiger partial charge < -0.3 is 15.2 Å². The number of rotatable bonds is 6. The summed E-state index contributed by atoms with van der Waals surface area (Å²) in [5.41, 5.74) is 1.35. The Labute approximate surface area is 110 Å². The van der Waals surface area contributed by atoms with Gasteiger partial charge >= 0.3 is 0 Å². The zero-order chi connectivity index (χ0) is 13.6. The Hall–Kier alpha value is -1.06. The topological polar surface area (TPSA) is 41.5 Å². The molecule has 102 valence electrons. The lowest BCUT2D eigenvalue weighted by Crippen LogP contribution is -2.31. The van der Waals surface area contributed by atoms with E-state index in [1.807, 2.05) is 25.1 Å². The number of likely N-dealkylation sites (N-methyl/N-ethyl adjacent to an activating group) is 1. The van der Waals surface area contributed by atoms with Crippen LogP contribution in [-0.2, 0) is 5.41 Å². The third-order valence-electron chi connectivity index (χ3n) is 2.77. The zero-order valence-electron chi connectivity index (χ0n) is 11.9. The van der Waals surface area contributed by atoms with Crippen LogP contribution in [0.3, 0.4) is 0 Å². The van der Waals surface area contributed by atoms with Crippen LogP contribution in [0.4, 0.5) is 0 Å². The van der Waals surface area contributed by atoms with Gasteiger partial charge in [-0.1, -0.05) is 39.8 Å². The van der Waals surface area contributed by atoms with Crippen LogP contribution < -0.4 is 10.1 Å². The second-order valence-corrected chi connectivity index (χ2v) is 5.55. The maximum atomic E-state index is 9.68.